The lowest BCUT2D eigenvalue weighted by Crippen LogP contribution is -2.06. The van der Waals surface area contributed by atoms with Gasteiger partial charge < -0.3 is 0 Å². The summed E-state index contributed by atoms with van der Waals surface area (Å²) in [6.07, 6.45) is 8.11. The van der Waals surface area contributed by atoms with Gasteiger partial charge in [0.1, 0.15) is 0 Å². The van der Waals surface area contributed by atoms with Crippen LogP contribution in [0.4, 0.5) is 0 Å². The number of thiophene rings is 1. The van der Waals surface area contributed by atoms with Crippen molar-refractivity contribution in [3.63, 3.8) is 0 Å². The van der Waals surface area contributed by atoms with E-state index in [1.54, 1.807) is 11.3 Å². The molecule has 1 saturated carbocycles. The molecular weight excluding hydrogens is 292 g/mol. The Labute approximate surface area is 109 Å². The molecular formula is C12H16BrClS. The molecule has 1 aliphatic carbocycles. The Bertz CT molecular complexity index is 302. The van der Waals surface area contributed by atoms with Crippen molar-refractivity contribution in [2.75, 3.05) is 0 Å². The van der Waals surface area contributed by atoms with E-state index < -0.39 is 0 Å². The van der Waals surface area contributed by atoms with E-state index in [4.69, 9.17) is 11.6 Å². The highest BCUT2D eigenvalue weighted by atomic mass is 79.9. The summed E-state index contributed by atoms with van der Waals surface area (Å²) in [5.41, 5.74) is 0. The Morgan fingerprint density at radius 3 is 2.47 bits per heavy atom. The number of rotatable bonds is 2. The van der Waals surface area contributed by atoms with Crippen LogP contribution in [-0.4, -0.2) is 0 Å². The minimum Gasteiger partial charge on any atom is -0.146 e. The van der Waals surface area contributed by atoms with E-state index >= 15 is 0 Å². The molecule has 84 valence electrons. The molecule has 1 aliphatic rings. The fraction of sp³-hybridized carbons (Fsp3) is 0.667. The predicted octanol–water partition coefficient (Wildman–Crippen LogP) is 5.76. The fourth-order valence-corrected chi connectivity index (χ4v) is 4.66. The monoisotopic (exact) mass is 306 g/mol. The molecule has 3 heteroatoms. The van der Waals surface area contributed by atoms with E-state index in [9.17, 15) is 0 Å². The van der Waals surface area contributed by atoms with Crippen LogP contribution in [-0.2, 0) is 0 Å². The molecule has 0 aromatic carbocycles. The summed E-state index contributed by atoms with van der Waals surface area (Å²) in [5.74, 6) is 0.684. The lowest BCUT2D eigenvalue weighted by molar-refractivity contribution is 0.447. The van der Waals surface area contributed by atoms with Crippen LogP contribution in [0.3, 0.4) is 0 Å². The van der Waals surface area contributed by atoms with Gasteiger partial charge in [-0.2, -0.15) is 0 Å². The zero-order chi connectivity index (χ0) is 10.7. The highest BCUT2D eigenvalue weighted by molar-refractivity contribution is 9.10. The Balaban J connectivity index is 2.06. The van der Waals surface area contributed by atoms with Crippen LogP contribution in [0.2, 0.25) is 0 Å². The molecule has 15 heavy (non-hydrogen) atoms. The van der Waals surface area contributed by atoms with Gasteiger partial charge in [-0.1, -0.05) is 25.7 Å². The van der Waals surface area contributed by atoms with E-state index in [2.05, 4.69) is 27.4 Å². The molecule has 1 fully saturated rings. The predicted molar refractivity (Wildman–Crippen MR) is 71.8 cm³/mol. The molecule has 0 saturated heterocycles. The third kappa shape index (κ3) is 2.98. The van der Waals surface area contributed by atoms with Gasteiger partial charge in [0, 0.05) is 9.35 Å². The summed E-state index contributed by atoms with van der Waals surface area (Å²) in [7, 11) is 0. The van der Waals surface area contributed by atoms with Gasteiger partial charge in [0.2, 0.25) is 0 Å². The molecule has 0 N–H and O–H groups in total. The van der Waals surface area contributed by atoms with Crippen LogP contribution < -0.4 is 0 Å². The number of hydrogen-bond acceptors (Lipinski definition) is 1. The van der Waals surface area contributed by atoms with Gasteiger partial charge in [0.05, 0.1) is 5.38 Å². The zero-order valence-corrected chi connectivity index (χ0v) is 11.9. The Morgan fingerprint density at radius 2 is 1.93 bits per heavy atom. The molecule has 1 heterocycles. The maximum atomic E-state index is 6.58. The van der Waals surface area contributed by atoms with Crippen LogP contribution in [0.1, 0.15) is 48.8 Å². The first-order valence-electron chi connectivity index (χ1n) is 5.66. The van der Waals surface area contributed by atoms with Crippen molar-refractivity contribution >= 4 is 38.9 Å². The third-order valence-electron chi connectivity index (χ3n) is 3.21. The average molecular weight is 308 g/mol. The van der Waals surface area contributed by atoms with Crippen molar-refractivity contribution in [1.82, 2.24) is 0 Å². The second-order valence-electron chi connectivity index (χ2n) is 4.29. The minimum atomic E-state index is 0.220. The fourth-order valence-electron chi connectivity index (χ4n) is 2.32. The van der Waals surface area contributed by atoms with Gasteiger partial charge >= 0.3 is 0 Å². The first-order chi connectivity index (χ1) is 7.29. The van der Waals surface area contributed by atoms with Crippen LogP contribution in [0.5, 0.6) is 0 Å². The Hall–Kier alpha value is 0.470. The molecule has 0 aliphatic heterocycles. The number of halogens is 2. The SMILES string of the molecule is ClC(c1sccc1Br)C1CCCCCC1. The van der Waals surface area contributed by atoms with Crippen molar-refractivity contribution in [2.45, 2.75) is 43.9 Å². The van der Waals surface area contributed by atoms with Gasteiger partial charge in [0.15, 0.2) is 0 Å². The van der Waals surface area contributed by atoms with Gasteiger partial charge in [0.25, 0.3) is 0 Å². The van der Waals surface area contributed by atoms with Crippen LogP contribution in [0, 0.1) is 5.92 Å². The van der Waals surface area contributed by atoms with Crippen LogP contribution >= 0.6 is 38.9 Å². The highest BCUT2D eigenvalue weighted by Crippen LogP contribution is 2.42. The topological polar surface area (TPSA) is 0 Å². The maximum absolute atomic E-state index is 6.58. The Kier molecular flexibility index (Phi) is 4.53. The lowest BCUT2D eigenvalue weighted by atomic mass is 9.95. The van der Waals surface area contributed by atoms with Crippen LogP contribution in [0.15, 0.2) is 15.9 Å². The summed E-state index contributed by atoms with van der Waals surface area (Å²) in [4.78, 5) is 1.32. The number of hydrogen-bond donors (Lipinski definition) is 0. The minimum absolute atomic E-state index is 0.220. The normalized spacial score (nSPS) is 21.2. The molecule has 0 spiro atoms. The molecule has 1 aromatic heterocycles. The molecule has 0 bridgehead atoms. The lowest BCUT2D eigenvalue weighted by Gasteiger charge is -2.19. The molecule has 1 unspecified atom stereocenters. The van der Waals surface area contributed by atoms with Crippen LogP contribution in [0.25, 0.3) is 0 Å². The second-order valence-corrected chi connectivity index (χ2v) is 6.56. The van der Waals surface area contributed by atoms with E-state index in [-0.39, 0.29) is 5.38 Å². The number of alkyl halides is 1. The summed E-state index contributed by atoms with van der Waals surface area (Å²) in [6.45, 7) is 0. The summed E-state index contributed by atoms with van der Waals surface area (Å²) >= 11 is 11.9. The summed E-state index contributed by atoms with van der Waals surface area (Å²) in [6, 6.07) is 2.10. The van der Waals surface area contributed by atoms with Crippen molar-refractivity contribution < 1.29 is 0 Å². The van der Waals surface area contributed by atoms with Crippen molar-refractivity contribution in [3.8, 4) is 0 Å². The van der Waals surface area contributed by atoms with Gasteiger partial charge in [-0.25, -0.2) is 0 Å². The summed E-state index contributed by atoms with van der Waals surface area (Å²) < 4.78 is 1.19. The smallest absolute Gasteiger partial charge is 0.0718 e. The van der Waals surface area contributed by atoms with Gasteiger partial charge in [-0.15, -0.1) is 22.9 Å². The summed E-state index contributed by atoms with van der Waals surface area (Å²) in [5, 5.41) is 2.34. The third-order valence-corrected chi connectivity index (χ3v) is 5.87. The van der Waals surface area contributed by atoms with Gasteiger partial charge in [-0.05, 0) is 46.1 Å². The maximum Gasteiger partial charge on any atom is 0.0718 e. The van der Waals surface area contributed by atoms with Crippen molar-refractivity contribution in [3.05, 3.63) is 20.8 Å². The molecule has 1 atom stereocenters. The highest BCUT2D eigenvalue weighted by Gasteiger charge is 2.24. The molecule has 0 amide bonds. The van der Waals surface area contributed by atoms with E-state index in [0.29, 0.717) is 5.92 Å². The molecule has 0 nitrogen and oxygen atoms in total. The van der Waals surface area contributed by atoms with E-state index in [1.165, 1.54) is 47.9 Å². The molecule has 2 rings (SSSR count). The molecule has 1 aromatic rings. The largest absolute Gasteiger partial charge is 0.146 e. The zero-order valence-electron chi connectivity index (χ0n) is 8.72. The Morgan fingerprint density at radius 1 is 1.27 bits per heavy atom. The second kappa shape index (κ2) is 5.70. The van der Waals surface area contributed by atoms with Crippen molar-refractivity contribution in [1.29, 1.82) is 0 Å². The van der Waals surface area contributed by atoms with Crippen molar-refractivity contribution in [2.24, 2.45) is 5.92 Å². The first-order valence-corrected chi connectivity index (χ1v) is 7.77. The average Bonchev–Trinajstić information content (AvgIpc) is 2.53. The van der Waals surface area contributed by atoms with E-state index in [0.717, 1.165) is 0 Å². The molecule has 0 radical (unpaired) electrons. The standard InChI is InChI=1S/C12H16BrClS/c13-10-7-8-15-12(10)11(14)9-5-3-1-2-4-6-9/h7-9,11H,1-6H2. The quantitative estimate of drug-likeness (QED) is 0.481. The van der Waals surface area contributed by atoms with E-state index in [1.807, 2.05) is 0 Å². The first kappa shape index (κ1) is 11.9. The van der Waals surface area contributed by atoms with Gasteiger partial charge in [-0.3, -0.25) is 0 Å².